The van der Waals surface area contributed by atoms with Crippen molar-refractivity contribution in [3.8, 4) is 6.07 Å². The summed E-state index contributed by atoms with van der Waals surface area (Å²) in [5, 5.41) is 16.7. The fraction of sp³-hybridized carbons (Fsp3) is 0.240. The van der Waals surface area contributed by atoms with Gasteiger partial charge in [0.15, 0.2) is 5.71 Å². The van der Waals surface area contributed by atoms with E-state index in [9.17, 15) is 9.59 Å². The lowest BCUT2D eigenvalue weighted by molar-refractivity contribution is -0.0312. The molecule has 0 amide bonds. The lowest BCUT2D eigenvalue weighted by Crippen LogP contribution is -2.44. The zero-order valence-corrected chi connectivity index (χ0v) is 18.3. The zero-order chi connectivity index (χ0) is 24.1. The molecule has 1 fully saturated rings. The van der Waals surface area contributed by atoms with Crippen LogP contribution in [0, 0.1) is 28.6 Å². The minimum absolute atomic E-state index is 0.0677. The average Bonchev–Trinajstić information content (AvgIpc) is 3.24. The van der Waals surface area contributed by atoms with Crippen LogP contribution >= 0.6 is 0 Å². The Balaban J connectivity index is 1.47. The third-order valence-corrected chi connectivity index (χ3v) is 6.04. The van der Waals surface area contributed by atoms with Gasteiger partial charge in [0.2, 0.25) is 0 Å². The van der Waals surface area contributed by atoms with Crippen LogP contribution < -0.4 is 5.73 Å². The van der Waals surface area contributed by atoms with Crippen molar-refractivity contribution < 1.29 is 19.1 Å². The fourth-order valence-electron chi connectivity index (χ4n) is 4.09. The summed E-state index contributed by atoms with van der Waals surface area (Å²) < 4.78 is 12.8. The number of nitrogens with two attached hydrogens (primary N) is 1. The summed E-state index contributed by atoms with van der Waals surface area (Å²) in [4.78, 5) is 28.9. The summed E-state index contributed by atoms with van der Waals surface area (Å²) in [6.07, 6.45) is 2.09. The molecule has 0 radical (unpaired) electrons. The number of hydrogen-bond acceptors (Lipinski definition) is 8. The molecule has 0 spiro atoms. The number of anilines is 1. The summed E-state index contributed by atoms with van der Waals surface area (Å²) >= 11 is 0. The highest BCUT2D eigenvalue weighted by atomic mass is 16.5. The smallest absolute Gasteiger partial charge is 0.338 e. The number of hydrogen-bond donors (Lipinski definition) is 2. The van der Waals surface area contributed by atoms with E-state index in [0.29, 0.717) is 17.5 Å². The van der Waals surface area contributed by atoms with E-state index >= 15 is 0 Å². The van der Waals surface area contributed by atoms with Crippen molar-refractivity contribution in [3.05, 3.63) is 83.8 Å². The predicted molar refractivity (Wildman–Crippen MR) is 123 cm³/mol. The summed E-state index contributed by atoms with van der Waals surface area (Å²) in [5.74, 6) is -0.928. The topological polar surface area (TPSA) is 144 Å². The minimum atomic E-state index is -0.447. The van der Waals surface area contributed by atoms with Crippen LogP contribution in [0.3, 0.4) is 0 Å². The first-order chi connectivity index (χ1) is 16.5. The number of aromatic nitrogens is 2. The largest absolute Gasteiger partial charge is 0.462 e. The van der Waals surface area contributed by atoms with Gasteiger partial charge in [-0.25, -0.2) is 14.6 Å². The Bertz CT molecular complexity index is 1230. The molecule has 3 atom stereocenters. The Kier molecular flexibility index (Phi) is 6.69. The number of rotatable bonds is 8. The van der Waals surface area contributed by atoms with Crippen LogP contribution in [0.4, 0.5) is 5.82 Å². The Labute approximate surface area is 196 Å². The first-order valence-corrected chi connectivity index (χ1v) is 10.7. The average molecular weight is 457 g/mol. The molecule has 1 aliphatic carbocycles. The number of carbonyl (C=O) groups excluding carboxylic acids is 2. The maximum absolute atomic E-state index is 12.5. The molecule has 4 rings (SSSR count). The van der Waals surface area contributed by atoms with Crippen LogP contribution in [0.25, 0.3) is 0 Å². The van der Waals surface area contributed by atoms with Gasteiger partial charge >= 0.3 is 11.9 Å². The van der Waals surface area contributed by atoms with Crippen LogP contribution in [0.5, 0.6) is 0 Å². The third-order valence-electron chi connectivity index (χ3n) is 6.04. The van der Waals surface area contributed by atoms with Crippen LogP contribution in [-0.2, 0) is 9.47 Å². The summed E-state index contributed by atoms with van der Waals surface area (Å²) in [7, 11) is 0. The van der Waals surface area contributed by atoms with E-state index in [1.165, 1.54) is 6.33 Å². The van der Waals surface area contributed by atoms with Gasteiger partial charge in [0, 0.05) is 17.9 Å². The molecule has 2 aromatic carbocycles. The number of nitrogen functional groups attached to an aromatic ring is 1. The summed E-state index contributed by atoms with van der Waals surface area (Å²) in [6, 6.07) is 18.9. The van der Waals surface area contributed by atoms with Crippen molar-refractivity contribution in [1.29, 1.82) is 10.7 Å². The van der Waals surface area contributed by atoms with Gasteiger partial charge in [-0.3, -0.25) is 5.41 Å². The molecule has 9 nitrogen and oxygen atoms in total. The molecule has 1 heterocycles. The van der Waals surface area contributed by atoms with E-state index in [0.717, 1.165) is 0 Å². The third kappa shape index (κ3) is 4.66. The molecule has 1 saturated carbocycles. The number of esters is 2. The van der Waals surface area contributed by atoms with Crippen molar-refractivity contribution in [2.45, 2.75) is 12.5 Å². The van der Waals surface area contributed by atoms with Gasteiger partial charge in [0.1, 0.15) is 17.6 Å². The lowest BCUT2D eigenvalue weighted by Gasteiger charge is -2.44. The number of ether oxygens (including phenoxy) is 2. The second kappa shape index (κ2) is 10.0. The first kappa shape index (κ1) is 22.7. The van der Waals surface area contributed by atoms with Crippen LogP contribution in [0.1, 0.15) is 38.9 Å². The van der Waals surface area contributed by atoms with Gasteiger partial charge in [-0.15, -0.1) is 0 Å². The SMILES string of the molecule is N#CC(=N)c1ncn([C@@H]2C[C@H](COC(=O)c3ccccc3)[C@H]2COC(=O)c2ccccc2)c1N. The molecule has 3 N–H and O–H groups in total. The number of benzene rings is 2. The maximum atomic E-state index is 12.5. The highest BCUT2D eigenvalue weighted by molar-refractivity contribution is 6.10. The number of nitriles is 1. The van der Waals surface area contributed by atoms with E-state index in [1.807, 2.05) is 12.1 Å². The normalized spacial score (nSPS) is 18.9. The van der Waals surface area contributed by atoms with Crippen molar-refractivity contribution in [3.63, 3.8) is 0 Å². The van der Waals surface area contributed by atoms with Gasteiger partial charge in [-0.1, -0.05) is 36.4 Å². The van der Waals surface area contributed by atoms with Crippen LogP contribution in [0.2, 0.25) is 0 Å². The number of imidazole rings is 1. The quantitative estimate of drug-likeness (QED) is 0.390. The van der Waals surface area contributed by atoms with Gasteiger partial charge in [0.05, 0.1) is 30.7 Å². The van der Waals surface area contributed by atoms with E-state index in [2.05, 4.69) is 4.98 Å². The van der Waals surface area contributed by atoms with Gasteiger partial charge < -0.3 is 19.8 Å². The molecule has 0 bridgehead atoms. The summed E-state index contributed by atoms with van der Waals surface area (Å²) in [6.45, 7) is 0.252. The van der Waals surface area contributed by atoms with E-state index in [1.54, 1.807) is 59.2 Å². The molecule has 1 aliphatic rings. The molecule has 3 aromatic rings. The first-order valence-electron chi connectivity index (χ1n) is 10.7. The molecule has 172 valence electrons. The molecule has 0 aliphatic heterocycles. The standard InChI is InChI=1S/C25H23N5O4/c26-12-20(27)22-23(28)30(15-29-22)21-11-18(13-33-24(31)16-7-3-1-4-8-16)19(21)14-34-25(32)17-9-5-2-6-10-17/h1-10,15,18-19,21,27H,11,13-14,28H2/t18-,19-,21-/m1/s1. The molecular weight excluding hydrogens is 434 g/mol. The number of nitrogens with one attached hydrogen (secondary N) is 1. The Hall–Kier alpha value is -4.45. The van der Waals surface area contributed by atoms with Crippen molar-refractivity contribution in [2.24, 2.45) is 11.8 Å². The van der Waals surface area contributed by atoms with Crippen LogP contribution in [-0.4, -0.2) is 40.4 Å². The minimum Gasteiger partial charge on any atom is -0.462 e. The van der Waals surface area contributed by atoms with E-state index in [4.69, 9.17) is 25.9 Å². The second-order valence-corrected chi connectivity index (χ2v) is 8.03. The van der Waals surface area contributed by atoms with Crippen LogP contribution in [0.15, 0.2) is 67.0 Å². The van der Waals surface area contributed by atoms with Crippen molar-refractivity contribution >= 4 is 23.5 Å². The second-order valence-electron chi connectivity index (χ2n) is 8.03. The van der Waals surface area contributed by atoms with Gasteiger partial charge in [0.25, 0.3) is 0 Å². The van der Waals surface area contributed by atoms with Crippen molar-refractivity contribution in [2.75, 3.05) is 18.9 Å². The van der Waals surface area contributed by atoms with Gasteiger partial charge in [-0.2, -0.15) is 5.26 Å². The Morgan fingerprint density at radius 3 is 2.15 bits per heavy atom. The highest BCUT2D eigenvalue weighted by Crippen LogP contribution is 2.46. The number of carbonyl (C=O) groups is 2. The molecule has 1 aromatic heterocycles. The molecule has 9 heteroatoms. The van der Waals surface area contributed by atoms with Gasteiger partial charge in [-0.05, 0) is 30.7 Å². The fourth-order valence-corrected chi connectivity index (χ4v) is 4.09. The van der Waals surface area contributed by atoms with E-state index in [-0.39, 0.29) is 48.3 Å². The molecular formula is C25H23N5O4. The Morgan fingerprint density at radius 2 is 1.59 bits per heavy atom. The van der Waals surface area contributed by atoms with Crippen molar-refractivity contribution in [1.82, 2.24) is 9.55 Å². The zero-order valence-electron chi connectivity index (χ0n) is 18.3. The lowest BCUT2D eigenvalue weighted by atomic mass is 9.69. The molecule has 34 heavy (non-hydrogen) atoms. The highest BCUT2D eigenvalue weighted by Gasteiger charge is 2.44. The Morgan fingerprint density at radius 1 is 1.03 bits per heavy atom. The molecule has 0 saturated heterocycles. The summed E-state index contributed by atoms with van der Waals surface area (Å²) in [5.41, 5.74) is 6.85. The van der Waals surface area contributed by atoms with E-state index < -0.39 is 11.9 Å². The number of nitrogens with zero attached hydrogens (tertiary/aromatic N) is 3. The predicted octanol–water partition coefficient (Wildman–Crippen LogP) is 3.25. The maximum Gasteiger partial charge on any atom is 0.338 e. The monoisotopic (exact) mass is 457 g/mol. The molecule has 0 unspecified atom stereocenters.